The highest BCUT2D eigenvalue weighted by atomic mass is 19.1. The van der Waals surface area contributed by atoms with Gasteiger partial charge in [0.2, 0.25) is 0 Å². The molecule has 1 fully saturated rings. The molecule has 1 saturated heterocycles. The Morgan fingerprint density at radius 3 is 2.65 bits per heavy atom. The van der Waals surface area contributed by atoms with Crippen LogP contribution in [-0.4, -0.2) is 25.2 Å². The minimum atomic E-state index is -0.461. The summed E-state index contributed by atoms with van der Waals surface area (Å²) in [6.45, 7) is 10.4. The Balaban J connectivity index is 2.05. The van der Waals surface area contributed by atoms with E-state index in [0.29, 0.717) is 24.6 Å². The normalized spacial score (nSPS) is 19.7. The van der Waals surface area contributed by atoms with E-state index in [0.717, 1.165) is 13.0 Å². The van der Waals surface area contributed by atoms with Crippen LogP contribution in [0.2, 0.25) is 0 Å². The molecule has 1 unspecified atom stereocenters. The van der Waals surface area contributed by atoms with Crippen molar-refractivity contribution in [3.8, 4) is 0 Å². The summed E-state index contributed by atoms with van der Waals surface area (Å²) in [6, 6.07) is 2.84. The van der Waals surface area contributed by atoms with E-state index in [2.05, 4.69) is 26.1 Å². The van der Waals surface area contributed by atoms with Crippen LogP contribution in [0.5, 0.6) is 0 Å². The lowest BCUT2D eigenvalue weighted by Crippen LogP contribution is -2.39. The van der Waals surface area contributed by atoms with Gasteiger partial charge >= 0.3 is 0 Å². The number of nitrogens with zero attached hydrogens (tertiary/aromatic N) is 1. The van der Waals surface area contributed by atoms with E-state index in [9.17, 15) is 8.78 Å². The van der Waals surface area contributed by atoms with Crippen molar-refractivity contribution in [3.63, 3.8) is 0 Å². The molecule has 0 saturated carbocycles. The van der Waals surface area contributed by atoms with Crippen LogP contribution < -0.4 is 10.2 Å². The van der Waals surface area contributed by atoms with Gasteiger partial charge < -0.3 is 10.2 Å². The molecule has 1 heterocycles. The molecule has 1 N–H and O–H groups in total. The summed E-state index contributed by atoms with van der Waals surface area (Å²) >= 11 is 0. The fourth-order valence-corrected chi connectivity index (χ4v) is 2.58. The Morgan fingerprint density at radius 2 is 2.00 bits per heavy atom. The zero-order chi connectivity index (χ0) is 14.9. The second kappa shape index (κ2) is 5.68. The Bertz CT molecular complexity index is 480. The molecule has 0 amide bonds. The fourth-order valence-electron chi connectivity index (χ4n) is 2.58. The highest BCUT2D eigenvalue weighted by molar-refractivity contribution is 5.52. The molecule has 0 spiro atoms. The molecule has 20 heavy (non-hydrogen) atoms. The summed E-state index contributed by atoms with van der Waals surface area (Å²) in [5.41, 5.74) is 0.716. The number of anilines is 1. The van der Waals surface area contributed by atoms with Crippen LogP contribution in [0.15, 0.2) is 12.1 Å². The molecule has 112 valence electrons. The van der Waals surface area contributed by atoms with E-state index in [1.807, 2.05) is 4.90 Å². The molecule has 1 atom stereocenters. The number of nitrogens with one attached hydrogen (secondary N) is 1. The monoisotopic (exact) mass is 282 g/mol. The van der Waals surface area contributed by atoms with Crippen LogP contribution in [0.3, 0.4) is 0 Å². The minimum absolute atomic E-state index is 0.0766. The van der Waals surface area contributed by atoms with Crippen molar-refractivity contribution >= 4 is 5.69 Å². The molecule has 1 aliphatic heterocycles. The van der Waals surface area contributed by atoms with Gasteiger partial charge in [-0.05, 0) is 51.7 Å². The van der Waals surface area contributed by atoms with Gasteiger partial charge in [-0.25, -0.2) is 8.78 Å². The van der Waals surface area contributed by atoms with E-state index >= 15 is 0 Å². The van der Waals surface area contributed by atoms with E-state index < -0.39 is 11.6 Å². The van der Waals surface area contributed by atoms with Crippen LogP contribution in [0, 0.1) is 24.5 Å². The van der Waals surface area contributed by atoms with Gasteiger partial charge in [-0.2, -0.15) is 0 Å². The summed E-state index contributed by atoms with van der Waals surface area (Å²) in [4.78, 5) is 1.84. The highest BCUT2D eigenvalue weighted by Crippen LogP contribution is 2.30. The van der Waals surface area contributed by atoms with Crippen molar-refractivity contribution in [2.45, 2.75) is 39.7 Å². The third kappa shape index (κ3) is 3.48. The van der Waals surface area contributed by atoms with Gasteiger partial charge in [0.05, 0.1) is 0 Å². The van der Waals surface area contributed by atoms with Crippen molar-refractivity contribution in [1.82, 2.24) is 5.32 Å². The maximum Gasteiger partial charge on any atom is 0.152 e. The van der Waals surface area contributed by atoms with Gasteiger partial charge in [0, 0.05) is 25.2 Å². The Kier molecular flexibility index (Phi) is 4.33. The summed E-state index contributed by atoms with van der Waals surface area (Å²) in [7, 11) is 0. The zero-order valence-corrected chi connectivity index (χ0v) is 12.8. The van der Waals surface area contributed by atoms with Crippen molar-refractivity contribution in [1.29, 1.82) is 0 Å². The minimum Gasteiger partial charge on any atom is -0.366 e. The van der Waals surface area contributed by atoms with E-state index in [1.165, 1.54) is 12.1 Å². The first kappa shape index (κ1) is 15.2. The van der Waals surface area contributed by atoms with E-state index in [-0.39, 0.29) is 11.2 Å². The lowest BCUT2D eigenvalue weighted by Gasteiger charge is -2.24. The van der Waals surface area contributed by atoms with Crippen LogP contribution in [0.25, 0.3) is 0 Å². The number of rotatable bonds is 3. The van der Waals surface area contributed by atoms with E-state index in [4.69, 9.17) is 0 Å². The average Bonchev–Trinajstić information content (AvgIpc) is 2.80. The molecule has 0 aromatic heterocycles. The molecule has 0 aliphatic carbocycles. The molecule has 1 aliphatic rings. The van der Waals surface area contributed by atoms with Crippen molar-refractivity contribution in [2.75, 3.05) is 24.5 Å². The third-order valence-electron chi connectivity index (χ3n) is 3.78. The molecule has 1 aromatic carbocycles. The summed E-state index contributed by atoms with van der Waals surface area (Å²) in [5, 5.41) is 3.46. The predicted octanol–water partition coefficient (Wildman–Crippen LogP) is 3.49. The first-order chi connectivity index (χ1) is 9.28. The Labute approximate surface area is 120 Å². The summed E-state index contributed by atoms with van der Waals surface area (Å²) in [6.07, 6.45) is 0.968. The Hall–Kier alpha value is -1.16. The highest BCUT2D eigenvalue weighted by Gasteiger charge is 2.28. The number of hydrogen-bond donors (Lipinski definition) is 1. The maximum atomic E-state index is 14.1. The van der Waals surface area contributed by atoms with Gasteiger partial charge in [-0.3, -0.25) is 0 Å². The van der Waals surface area contributed by atoms with E-state index in [1.54, 1.807) is 6.92 Å². The summed E-state index contributed by atoms with van der Waals surface area (Å²) in [5.74, 6) is -0.444. The number of halogens is 2. The quantitative estimate of drug-likeness (QED) is 0.913. The number of aryl methyl sites for hydroxylation is 1. The number of hydrogen-bond acceptors (Lipinski definition) is 2. The van der Waals surface area contributed by atoms with Gasteiger partial charge in [0.25, 0.3) is 0 Å². The lowest BCUT2D eigenvalue weighted by atomic mass is 10.1. The molecule has 2 rings (SSSR count). The van der Waals surface area contributed by atoms with Crippen LogP contribution in [0.1, 0.15) is 32.8 Å². The standard InChI is InChI=1S/C16H24F2N2/c1-11-5-6-13(17)15(14(11)18)20-8-7-12(10-20)9-19-16(2,3)4/h5-6,12,19H,7-10H2,1-4H3. The van der Waals surface area contributed by atoms with Crippen molar-refractivity contribution in [3.05, 3.63) is 29.3 Å². The second-order valence-electron chi connectivity index (χ2n) is 6.76. The maximum absolute atomic E-state index is 14.1. The largest absolute Gasteiger partial charge is 0.366 e. The SMILES string of the molecule is Cc1ccc(F)c(N2CCC(CNC(C)(C)C)C2)c1F. The first-order valence-corrected chi connectivity index (χ1v) is 7.22. The van der Waals surface area contributed by atoms with Gasteiger partial charge in [-0.15, -0.1) is 0 Å². The summed E-state index contributed by atoms with van der Waals surface area (Å²) < 4.78 is 28.0. The van der Waals surface area contributed by atoms with Crippen molar-refractivity contribution in [2.24, 2.45) is 5.92 Å². The fraction of sp³-hybridized carbons (Fsp3) is 0.625. The van der Waals surface area contributed by atoms with Gasteiger partial charge in [0.1, 0.15) is 11.5 Å². The van der Waals surface area contributed by atoms with Gasteiger partial charge in [-0.1, -0.05) is 6.07 Å². The molecule has 1 aromatic rings. The lowest BCUT2D eigenvalue weighted by molar-refractivity contribution is 0.383. The zero-order valence-electron chi connectivity index (χ0n) is 12.8. The molecule has 2 nitrogen and oxygen atoms in total. The Morgan fingerprint density at radius 1 is 1.30 bits per heavy atom. The van der Waals surface area contributed by atoms with Crippen molar-refractivity contribution < 1.29 is 8.78 Å². The topological polar surface area (TPSA) is 15.3 Å². The predicted molar refractivity (Wildman–Crippen MR) is 79.2 cm³/mol. The number of benzene rings is 1. The van der Waals surface area contributed by atoms with Gasteiger partial charge in [0.15, 0.2) is 5.82 Å². The smallest absolute Gasteiger partial charge is 0.152 e. The van der Waals surface area contributed by atoms with Crippen LogP contribution in [-0.2, 0) is 0 Å². The third-order valence-corrected chi connectivity index (χ3v) is 3.78. The first-order valence-electron chi connectivity index (χ1n) is 7.22. The second-order valence-corrected chi connectivity index (χ2v) is 6.76. The molecule has 0 bridgehead atoms. The molecule has 0 radical (unpaired) electrons. The van der Waals surface area contributed by atoms with Crippen LogP contribution >= 0.6 is 0 Å². The molecule has 4 heteroatoms. The average molecular weight is 282 g/mol. The molecular weight excluding hydrogens is 258 g/mol. The van der Waals surface area contributed by atoms with Crippen LogP contribution in [0.4, 0.5) is 14.5 Å². The molecular formula is C16H24F2N2.